The van der Waals surface area contributed by atoms with Gasteiger partial charge >= 0.3 is 5.97 Å². The normalized spacial score (nSPS) is 14.2. The predicted molar refractivity (Wildman–Crippen MR) is 103 cm³/mol. The van der Waals surface area contributed by atoms with Gasteiger partial charge in [0, 0.05) is 0 Å². The van der Waals surface area contributed by atoms with Crippen LogP contribution >= 0.6 is 0 Å². The number of esters is 1. The minimum Gasteiger partial charge on any atom is -0.463 e. The van der Waals surface area contributed by atoms with Crippen LogP contribution in [0.2, 0.25) is 0 Å². The molecule has 0 radical (unpaired) electrons. The molecule has 0 saturated heterocycles. The van der Waals surface area contributed by atoms with Crippen molar-refractivity contribution < 1.29 is 14.6 Å². The van der Waals surface area contributed by atoms with Gasteiger partial charge in [-0.3, -0.25) is 4.79 Å². The summed E-state index contributed by atoms with van der Waals surface area (Å²) in [6.07, 6.45) is 1.96. The van der Waals surface area contributed by atoms with Gasteiger partial charge in [-0.15, -0.1) is 0 Å². The highest BCUT2D eigenvalue weighted by Crippen LogP contribution is 2.51. The van der Waals surface area contributed by atoms with E-state index in [0.29, 0.717) is 5.92 Å². The summed E-state index contributed by atoms with van der Waals surface area (Å²) in [6.45, 7) is 14.9. The molecule has 1 unspecified atom stereocenters. The van der Waals surface area contributed by atoms with E-state index in [0.717, 1.165) is 12.8 Å². The van der Waals surface area contributed by atoms with Gasteiger partial charge in [-0.05, 0) is 42.6 Å². The first-order valence-corrected chi connectivity index (χ1v) is 9.32. The van der Waals surface area contributed by atoms with Crippen molar-refractivity contribution in [2.24, 2.45) is 16.2 Å². The number of carbonyl (C=O) groups is 1. The Morgan fingerprint density at radius 2 is 1.64 bits per heavy atom. The maximum atomic E-state index is 12.6. The molecule has 1 rings (SSSR count). The molecule has 0 aliphatic rings. The van der Waals surface area contributed by atoms with E-state index >= 15 is 0 Å². The Labute approximate surface area is 153 Å². The molecular formula is C22H36O3. The first-order valence-electron chi connectivity index (χ1n) is 9.32. The van der Waals surface area contributed by atoms with Gasteiger partial charge in [-0.2, -0.15) is 0 Å². The molecule has 0 bridgehead atoms. The molecule has 1 N–H and O–H groups in total. The van der Waals surface area contributed by atoms with Crippen LogP contribution in [0.1, 0.15) is 72.8 Å². The maximum Gasteiger partial charge on any atom is 0.312 e. The largest absolute Gasteiger partial charge is 0.463 e. The molecular weight excluding hydrogens is 312 g/mol. The van der Waals surface area contributed by atoms with Gasteiger partial charge < -0.3 is 9.84 Å². The molecule has 0 heterocycles. The Bertz CT molecular complexity index is 544. The first-order chi connectivity index (χ1) is 11.5. The highest BCUT2D eigenvalue weighted by Gasteiger charge is 2.47. The highest BCUT2D eigenvalue weighted by atomic mass is 16.5. The molecule has 0 fully saturated rings. The second-order valence-electron chi connectivity index (χ2n) is 8.88. The number of hydrogen-bond acceptors (Lipinski definition) is 3. The number of ether oxygens (including phenoxy) is 1. The van der Waals surface area contributed by atoms with Crippen molar-refractivity contribution in [1.82, 2.24) is 0 Å². The van der Waals surface area contributed by atoms with Crippen LogP contribution in [-0.2, 0) is 9.53 Å². The molecule has 142 valence electrons. The Balaban J connectivity index is 3.15. The highest BCUT2D eigenvalue weighted by molar-refractivity contribution is 5.77. The Morgan fingerprint density at radius 1 is 1.08 bits per heavy atom. The third-order valence-electron chi connectivity index (χ3n) is 6.30. The van der Waals surface area contributed by atoms with Crippen LogP contribution < -0.4 is 0 Å². The lowest BCUT2D eigenvalue weighted by molar-refractivity contribution is -0.162. The smallest absolute Gasteiger partial charge is 0.312 e. The monoisotopic (exact) mass is 348 g/mol. The summed E-state index contributed by atoms with van der Waals surface area (Å²) < 4.78 is 5.25. The van der Waals surface area contributed by atoms with Crippen molar-refractivity contribution in [3.8, 4) is 0 Å². The molecule has 0 aliphatic carbocycles. The van der Waals surface area contributed by atoms with Crippen LogP contribution in [-0.4, -0.2) is 24.3 Å². The second kappa shape index (κ2) is 8.35. The lowest BCUT2D eigenvalue weighted by Gasteiger charge is -2.45. The second-order valence-corrected chi connectivity index (χ2v) is 8.88. The number of rotatable bonds is 9. The summed E-state index contributed by atoms with van der Waals surface area (Å²) >= 11 is 0. The molecule has 3 heteroatoms. The molecule has 0 aliphatic heterocycles. The third-order valence-corrected chi connectivity index (χ3v) is 6.30. The quantitative estimate of drug-likeness (QED) is 0.625. The fraction of sp³-hybridized carbons (Fsp3) is 0.682. The van der Waals surface area contributed by atoms with Crippen LogP contribution in [0.25, 0.3) is 0 Å². The van der Waals surface area contributed by atoms with Crippen molar-refractivity contribution in [2.75, 3.05) is 13.2 Å². The number of benzene rings is 1. The van der Waals surface area contributed by atoms with Gasteiger partial charge in [-0.1, -0.05) is 71.4 Å². The molecule has 1 aromatic rings. The van der Waals surface area contributed by atoms with Crippen molar-refractivity contribution in [3.63, 3.8) is 0 Å². The SMILES string of the molecule is CCC(C)(C)C(CC(C)(C)C(C)(C)C(=O)OCCO)c1ccccc1. The van der Waals surface area contributed by atoms with Gasteiger partial charge in [-0.25, -0.2) is 0 Å². The molecule has 1 aromatic carbocycles. The molecule has 0 saturated carbocycles. The Morgan fingerprint density at radius 3 is 2.12 bits per heavy atom. The minimum atomic E-state index is -0.640. The molecule has 0 amide bonds. The Kier molecular flexibility index (Phi) is 7.25. The summed E-state index contributed by atoms with van der Waals surface area (Å²) in [6, 6.07) is 10.6. The first kappa shape index (κ1) is 21.7. The molecule has 3 nitrogen and oxygen atoms in total. The van der Waals surface area contributed by atoms with Crippen LogP contribution in [0.5, 0.6) is 0 Å². The third kappa shape index (κ3) is 5.07. The molecule has 25 heavy (non-hydrogen) atoms. The van der Waals surface area contributed by atoms with Crippen molar-refractivity contribution in [2.45, 2.75) is 67.2 Å². The molecule has 1 atom stereocenters. The van der Waals surface area contributed by atoms with Crippen molar-refractivity contribution in [1.29, 1.82) is 0 Å². The molecule has 0 aromatic heterocycles. The maximum absolute atomic E-state index is 12.6. The van der Waals surface area contributed by atoms with Crippen molar-refractivity contribution in [3.05, 3.63) is 35.9 Å². The van der Waals surface area contributed by atoms with E-state index in [1.54, 1.807) is 0 Å². The van der Waals surface area contributed by atoms with Crippen LogP contribution in [0.4, 0.5) is 0 Å². The summed E-state index contributed by atoms with van der Waals surface area (Å²) in [7, 11) is 0. The summed E-state index contributed by atoms with van der Waals surface area (Å²) in [5, 5.41) is 8.94. The topological polar surface area (TPSA) is 46.5 Å². The van der Waals surface area contributed by atoms with Crippen LogP contribution in [0, 0.1) is 16.2 Å². The van der Waals surface area contributed by atoms with Crippen LogP contribution in [0.15, 0.2) is 30.3 Å². The molecule has 0 spiro atoms. The van der Waals surface area contributed by atoms with E-state index in [9.17, 15) is 4.79 Å². The van der Waals surface area contributed by atoms with E-state index in [4.69, 9.17) is 9.84 Å². The number of aliphatic hydroxyl groups is 1. The number of aliphatic hydroxyl groups excluding tert-OH is 1. The van der Waals surface area contributed by atoms with Gasteiger partial charge in [0.05, 0.1) is 12.0 Å². The van der Waals surface area contributed by atoms with E-state index in [2.05, 4.69) is 58.9 Å². The van der Waals surface area contributed by atoms with Crippen molar-refractivity contribution >= 4 is 5.97 Å². The number of hydrogen-bond donors (Lipinski definition) is 1. The predicted octanol–water partition coefficient (Wildman–Crippen LogP) is 5.18. The van der Waals surface area contributed by atoms with Gasteiger partial charge in [0.15, 0.2) is 0 Å². The van der Waals surface area contributed by atoms with Gasteiger partial charge in [0.25, 0.3) is 0 Å². The average Bonchev–Trinajstić information content (AvgIpc) is 2.57. The van der Waals surface area contributed by atoms with E-state index < -0.39 is 5.41 Å². The zero-order valence-corrected chi connectivity index (χ0v) is 17.1. The fourth-order valence-electron chi connectivity index (χ4n) is 3.14. The summed E-state index contributed by atoms with van der Waals surface area (Å²) in [4.78, 5) is 12.6. The summed E-state index contributed by atoms with van der Waals surface area (Å²) in [5.74, 6) is 0.103. The lowest BCUT2D eigenvalue weighted by Crippen LogP contribution is -2.43. The van der Waals surface area contributed by atoms with Gasteiger partial charge in [0.1, 0.15) is 6.61 Å². The Hall–Kier alpha value is -1.35. The van der Waals surface area contributed by atoms with E-state index in [1.807, 2.05) is 19.9 Å². The standard InChI is InChI=1S/C22H36O3/c1-8-20(2,3)18(17-12-10-9-11-13-17)16-21(4,5)22(6,7)19(24)25-15-14-23/h9-13,18,23H,8,14-16H2,1-7H3. The fourth-order valence-corrected chi connectivity index (χ4v) is 3.14. The lowest BCUT2D eigenvalue weighted by atomic mass is 9.59. The zero-order valence-electron chi connectivity index (χ0n) is 17.1. The zero-order chi connectivity index (χ0) is 19.3. The van der Waals surface area contributed by atoms with Crippen LogP contribution in [0.3, 0.4) is 0 Å². The van der Waals surface area contributed by atoms with Gasteiger partial charge in [0.2, 0.25) is 0 Å². The average molecular weight is 349 g/mol. The number of carbonyl (C=O) groups excluding carboxylic acids is 1. The minimum absolute atomic E-state index is 0.0565. The van der Waals surface area contributed by atoms with E-state index in [-0.39, 0.29) is 30.0 Å². The summed E-state index contributed by atoms with van der Waals surface area (Å²) in [5.41, 5.74) is 0.553. The van der Waals surface area contributed by atoms with E-state index in [1.165, 1.54) is 5.56 Å².